The molecule has 158 valence electrons. The molecule has 1 amide bonds. The molecule has 0 bridgehead atoms. The van der Waals surface area contributed by atoms with Gasteiger partial charge in [0.2, 0.25) is 12.7 Å². The highest BCUT2D eigenvalue weighted by atomic mass is 32.2. The molecule has 0 unspecified atom stereocenters. The van der Waals surface area contributed by atoms with E-state index >= 15 is 0 Å². The molecular weight excluding hydrogens is 408 g/mol. The zero-order valence-electron chi connectivity index (χ0n) is 16.5. The molecule has 2 fully saturated rings. The summed E-state index contributed by atoms with van der Waals surface area (Å²) in [6, 6.07) is 12.1. The van der Waals surface area contributed by atoms with Crippen molar-refractivity contribution >= 4 is 21.4 Å². The van der Waals surface area contributed by atoms with Crippen LogP contribution < -0.4 is 19.1 Å². The van der Waals surface area contributed by atoms with E-state index in [9.17, 15) is 13.2 Å². The van der Waals surface area contributed by atoms with E-state index in [-0.39, 0.29) is 36.8 Å². The van der Waals surface area contributed by atoms with Gasteiger partial charge < -0.3 is 19.1 Å². The van der Waals surface area contributed by atoms with Crippen molar-refractivity contribution in [2.45, 2.75) is 18.6 Å². The van der Waals surface area contributed by atoms with Gasteiger partial charge in [-0.2, -0.15) is 0 Å². The van der Waals surface area contributed by atoms with Gasteiger partial charge in [0, 0.05) is 24.3 Å². The number of anilines is 1. The van der Waals surface area contributed by atoms with Gasteiger partial charge in [-0.3, -0.25) is 9.69 Å². The van der Waals surface area contributed by atoms with Gasteiger partial charge in [-0.15, -0.1) is 0 Å². The molecule has 9 heteroatoms. The summed E-state index contributed by atoms with van der Waals surface area (Å²) in [7, 11) is -1.69. The van der Waals surface area contributed by atoms with Crippen LogP contribution in [0, 0.1) is 0 Å². The lowest BCUT2D eigenvalue weighted by Crippen LogP contribution is -2.61. The molecule has 30 heavy (non-hydrogen) atoms. The number of ether oxygens (including phenoxy) is 3. The Bertz CT molecular complexity index is 1100. The van der Waals surface area contributed by atoms with Crippen molar-refractivity contribution < 1.29 is 27.4 Å². The first-order chi connectivity index (χ1) is 14.4. The lowest BCUT2D eigenvalue weighted by Gasteiger charge is -2.43. The highest BCUT2D eigenvalue weighted by molar-refractivity contribution is 7.91. The molecule has 2 saturated heterocycles. The number of sulfone groups is 1. The van der Waals surface area contributed by atoms with Crippen molar-refractivity contribution in [1.29, 1.82) is 0 Å². The van der Waals surface area contributed by atoms with Crippen LogP contribution in [0.4, 0.5) is 5.69 Å². The van der Waals surface area contributed by atoms with Crippen LogP contribution in [0.5, 0.6) is 17.2 Å². The minimum Gasteiger partial charge on any atom is -0.497 e. The fourth-order valence-electron chi connectivity index (χ4n) is 4.50. The van der Waals surface area contributed by atoms with Crippen molar-refractivity contribution in [2.24, 2.45) is 0 Å². The van der Waals surface area contributed by atoms with Crippen molar-refractivity contribution in [1.82, 2.24) is 4.90 Å². The fraction of sp³-hybridized carbons (Fsp3) is 0.381. The van der Waals surface area contributed by atoms with Gasteiger partial charge in [-0.1, -0.05) is 12.1 Å². The third-order valence-electron chi connectivity index (χ3n) is 5.86. The quantitative estimate of drug-likeness (QED) is 0.726. The zero-order valence-corrected chi connectivity index (χ0v) is 17.3. The van der Waals surface area contributed by atoms with Crippen LogP contribution in [0.1, 0.15) is 5.56 Å². The Morgan fingerprint density at radius 3 is 2.70 bits per heavy atom. The number of nitrogens with zero attached hydrogens (tertiary/aromatic N) is 2. The summed E-state index contributed by atoms with van der Waals surface area (Å²) in [6.07, 6.45) is 0. The molecule has 3 heterocycles. The first kappa shape index (κ1) is 19.2. The first-order valence-corrected chi connectivity index (χ1v) is 11.5. The predicted octanol–water partition coefficient (Wildman–Crippen LogP) is 1.44. The molecule has 3 aliphatic heterocycles. The van der Waals surface area contributed by atoms with Crippen LogP contribution in [0.3, 0.4) is 0 Å². The molecule has 0 aromatic heterocycles. The number of fused-ring (bicyclic) bond motifs is 2. The molecule has 2 aromatic rings. The van der Waals surface area contributed by atoms with E-state index in [1.54, 1.807) is 30.2 Å². The van der Waals surface area contributed by atoms with Crippen LogP contribution in [0.25, 0.3) is 0 Å². The maximum absolute atomic E-state index is 13.1. The standard InChI is InChI=1S/C21H22N2O6S/c1-27-16-4-2-3-15(8-16)23-18-12-30(25,26)11-17(18)22(10-21(23)24)9-14-5-6-19-20(7-14)29-13-28-19/h2-8,17-18H,9-13H2,1H3/t17-,18+/m0/s1. The predicted molar refractivity (Wildman–Crippen MR) is 110 cm³/mol. The number of hydrogen-bond acceptors (Lipinski definition) is 7. The van der Waals surface area contributed by atoms with Crippen LogP contribution in [-0.4, -0.2) is 63.3 Å². The minimum atomic E-state index is -3.26. The zero-order chi connectivity index (χ0) is 20.9. The summed E-state index contributed by atoms with van der Waals surface area (Å²) in [5, 5.41) is 0. The molecule has 0 aliphatic carbocycles. The van der Waals surface area contributed by atoms with Crippen LogP contribution in [-0.2, 0) is 21.2 Å². The molecule has 0 saturated carbocycles. The maximum atomic E-state index is 13.1. The van der Waals surface area contributed by atoms with Crippen molar-refractivity contribution in [3.8, 4) is 17.2 Å². The second-order valence-electron chi connectivity index (χ2n) is 7.77. The third-order valence-corrected chi connectivity index (χ3v) is 7.55. The van der Waals surface area contributed by atoms with E-state index in [1.807, 2.05) is 29.2 Å². The number of carbonyl (C=O) groups is 1. The normalized spacial score (nSPS) is 24.7. The monoisotopic (exact) mass is 430 g/mol. The lowest BCUT2D eigenvalue weighted by atomic mass is 10.0. The van der Waals surface area contributed by atoms with E-state index in [1.165, 1.54) is 0 Å². The average molecular weight is 430 g/mol. The number of rotatable bonds is 4. The highest BCUT2D eigenvalue weighted by Gasteiger charge is 2.49. The summed E-state index contributed by atoms with van der Waals surface area (Å²) >= 11 is 0. The summed E-state index contributed by atoms with van der Waals surface area (Å²) < 4.78 is 41.1. The fourth-order valence-corrected chi connectivity index (χ4v) is 6.48. The molecule has 2 aromatic carbocycles. The molecule has 5 rings (SSSR count). The Balaban J connectivity index is 1.45. The van der Waals surface area contributed by atoms with E-state index < -0.39 is 15.9 Å². The summed E-state index contributed by atoms with van der Waals surface area (Å²) in [4.78, 5) is 16.7. The molecule has 0 N–H and O–H groups in total. The molecule has 8 nitrogen and oxygen atoms in total. The molecule has 2 atom stereocenters. The van der Waals surface area contributed by atoms with Crippen LogP contribution in [0.2, 0.25) is 0 Å². The van der Waals surface area contributed by atoms with Gasteiger partial charge in [0.1, 0.15) is 5.75 Å². The van der Waals surface area contributed by atoms with E-state index in [0.717, 1.165) is 5.56 Å². The Hall–Kier alpha value is -2.78. The maximum Gasteiger partial charge on any atom is 0.241 e. The number of carbonyl (C=O) groups excluding carboxylic acids is 1. The molecule has 0 spiro atoms. The summed E-state index contributed by atoms with van der Waals surface area (Å²) in [5.74, 6) is 1.86. The number of methoxy groups -OCH3 is 1. The van der Waals surface area contributed by atoms with Crippen LogP contribution in [0.15, 0.2) is 42.5 Å². The highest BCUT2D eigenvalue weighted by Crippen LogP contribution is 2.36. The van der Waals surface area contributed by atoms with Crippen molar-refractivity contribution in [3.05, 3.63) is 48.0 Å². The average Bonchev–Trinajstić information content (AvgIpc) is 3.31. The van der Waals surface area contributed by atoms with Gasteiger partial charge in [0.05, 0.1) is 31.2 Å². The Labute approximate surface area is 174 Å². The van der Waals surface area contributed by atoms with Gasteiger partial charge in [0.15, 0.2) is 21.3 Å². The molecular formula is C21H22N2O6S. The number of piperazine rings is 1. The van der Waals surface area contributed by atoms with Gasteiger partial charge in [-0.25, -0.2) is 8.42 Å². The topological polar surface area (TPSA) is 85.4 Å². The van der Waals surface area contributed by atoms with E-state index in [2.05, 4.69) is 0 Å². The lowest BCUT2D eigenvalue weighted by molar-refractivity contribution is -0.123. The van der Waals surface area contributed by atoms with Crippen molar-refractivity contribution in [2.75, 3.05) is 36.9 Å². The molecule has 0 radical (unpaired) electrons. The second kappa shape index (κ2) is 7.17. The van der Waals surface area contributed by atoms with Gasteiger partial charge >= 0.3 is 0 Å². The third kappa shape index (κ3) is 3.37. The number of benzene rings is 2. The second-order valence-corrected chi connectivity index (χ2v) is 9.92. The Morgan fingerprint density at radius 2 is 1.87 bits per heavy atom. The van der Waals surface area contributed by atoms with E-state index in [0.29, 0.717) is 29.5 Å². The van der Waals surface area contributed by atoms with Gasteiger partial charge in [-0.05, 0) is 29.8 Å². The Kier molecular flexibility index (Phi) is 4.59. The van der Waals surface area contributed by atoms with Crippen molar-refractivity contribution in [3.63, 3.8) is 0 Å². The first-order valence-electron chi connectivity index (χ1n) is 9.73. The number of hydrogen-bond donors (Lipinski definition) is 0. The summed E-state index contributed by atoms with van der Waals surface area (Å²) in [5.41, 5.74) is 1.61. The summed E-state index contributed by atoms with van der Waals surface area (Å²) in [6.45, 7) is 0.798. The minimum absolute atomic E-state index is 0.0377. The van der Waals surface area contributed by atoms with E-state index in [4.69, 9.17) is 14.2 Å². The van der Waals surface area contributed by atoms with Crippen LogP contribution >= 0.6 is 0 Å². The smallest absolute Gasteiger partial charge is 0.241 e. The Morgan fingerprint density at radius 1 is 1.07 bits per heavy atom. The molecule has 3 aliphatic rings. The largest absolute Gasteiger partial charge is 0.497 e. The number of amides is 1. The SMILES string of the molecule is COc1cccc(N2C(=O)CN(Cc3ccc4c(c3)OCO4)[C@H]3CS(=O)(=O)C[C@H]32)c1. The van der Waals surface area contributed by atoms with Gasteiger partial charge in [0.25, 0.3) is 0 Å².